The summed E-state index contributed by atoms with van der Waals surface area (Å²) in [5.74, 6) is -1.09. The van der Waals surface area contributed by atoms with Crippen molar-refractivity contribution in [3.05, 3.63) is 29.1 Å². The molecular formula is C8H7NO3. The van der Waals surface area contributed by atoms with E-state index in [1.807, 2.05) is 0 Å². The zero-order chi connectivity index (χ0) is 9.14. The molecule has 0 aliphatic rings. The van der Waals surface area contributed by atoms with Crippen molar-refractivity contribution in [1.29, 1.82) is 0 Å². The summed E-state index contributed by atoms with van der Waals surface area (Å²) in [6.07, 6.45) is 1.90. The molecule has 0 atom stereocenters. The average Bonchev–Trinajstić information content (AvgIpc) is 2.04. The Labute approximate surface area is 68.9 Å². The number of carbonyl (C=O) groups excluding carboxylic acids is 1. The SMILES string of the molecule is Cc1cc(C(=O)O)ncc1C=O. The number of aromatic carboxylic acids is 1. The van der Waals surface area contributed by atoms with Crippen LogP contribution in [0.5, 0.6) is 0 Å². The molecule has 62 valence electrons. The van der Waals surface area contributed by atoms with Gasteiger partial charge < -0.3 is 5.11 Å². The second-order valence-corrected chi connectivity index (χ2v) is 2.35. The molecular weight excluding hydrogens is 158 g/mol. The van der Waals surface area contributed by atoms with Crippen molar-refractivity contribution in [2.24, 2.45) is 0 Å². The fourth-order valence-corrected chi connectivity index (χ4v) is 0.807. The number of carboxylic acid groups (broad SMARTS) is 1. The molecule has 0 aliphatic carbocycles. The van der Waals surface area contributed by atoms with E-state index in [9.17, 15) is 9.59 Å². The molecule has 1 N–H and O–H groups in total. The Morgan fingerprint density at radius 2 is 2.33 bits per heavy atom. The number of hydrogen-bond acceptors (Lipinski definition) is 3. The quantitative estimate of drug-likeness (QED) is 0.661. The van der Waals surface area contributed by atoms with Gasteiger partial charge in [0, 0.05) is 11.8 Å². The van der Waals surface area contributed by atoms with Crippen molar-refractivity contribution >= 4 is 12.3 Å². The number of carbonyl (C=O) groups is 2. The molecule has 0 aromatic carbocycles. The minimum Gasteiger partial charge on any atom is -0.477 e. The number of nitrogens with zero attached hydrogens (tertiary/aromatic N) is 1. The first-order chi connectivity index (χ1) is 5.65. The molecule has 0 saturated heterocycles. The van der Waals surface area contributed by atoms with Gasteiger partial charge in [-0.3, -0.25) is 4.79 Å². The average molecular weight is 165 g/mol. The maximum absolute atomic E-state index is 10.4. The number of rotatable bonds is 2. The molecule has 0 spiro atoms. The normalized spacial score (nSPS) is 9.42. The van der Waals surface area contributed by atoms with E-state index < -0.39 is 5.97 Å². The van der Waals surface area contributed by atoms with Crippen molar-refractivity contribution in [1.82, 2.24) is 4.98 Å². The predicted molar refractivity (Wildman–Crippen MR) is 41.3 cm³/mol. The Hall–Kier alpha value is -1.71. The Morgan fingerprint density at radius 3 is 2.75 bits per heavy atom. The summed E-state index contributed by atoms with van der Waals surface area (Å²) in [5.41, 5.74) is 0.996. The third kappa shape index (κ3) is 1.47. The van der Waals surface area contributed by atoms with Crippen LogP contribution in [-0.4, -0.2) is 22.3 Å². The lowest BCUT2D eigenvalue weighted by Crippen LogP contribution is -2.01. The van der Waals surface area contributed by atoms with Gasteiger partial charge in [0.05, 0.1) is 0 Å². The summed E-state index contributed by atoms with van der Waals surface area (Å²) in [7, 11) is 0. The van der Waals surface area contributed by atoms with Gasteiger partial charge in [-0.2, -0.15) is 0 Å². The molecule has 4 nitrogen and oxygen atoms in total. The van der Waals surface area contributed by atoms with Crippen LogP contribution in [-0.2, 0) is 0 Å². The van der Waals surface area contributed by atoms with Gasteiger partial charge in [0.25, 0.3) is 0 Å². The van der Waals surface area contributed by atoms with Gasteiger partial charge in [-0.25, -0.2) is 9.78 Å². The maximum Gasteiger partial charge on any atom is 0.354 e. The van der Waals surface area contributed by atoms with E-state index in [0.717, 1.165) is 0 Å². The topological polar surface area (TPSA) is 67.3 Å². The Bertz CT molecular complexity index is 333. The highest BCUT2D eigenvalue weighted by Gasteiger charge is 2.05. The van der Waals surface area contributed by atoms with Crippen LogP contribution in [0.15, 0.2) is 12.3 Å². The molecule has 1 heterocycles. The molecule has 1 aromatic heterocycles. The van der Waals surface area contributed by atoms with Gasteiger partial charge in [0.2, 0.25) is 0 Å². The lowest BCUT2D eigenvalue weighted by Gasteiger charge is -1.97. The largest absolute Gasteiger partial charge is 0.477 e. The maximum atomic E-state index is 10.4. The molecule has 0 bridgehead atoms. The number of pyridine rings is 1. The number of carboxylic acids is 1. The minimum atomic E-state index is -1.09. The highest BCUT2D eigenvalue weighted by molar-refractivity contribution is 5.87. The van der Waals surface area contributed by atoms with E-state index in [1.165, 1.54) is 12.3 Å². The monoisotopic (exact) mass is 165 g/mol. The highest BCUT2D eigenvalue weighted by atomic mass is 16.4. The van der Waals surface area contributed by atoms with Gasteiger partial charge in [-0.15, -0.1) is 0 Å². The molecule has 1 aromatic rings. The fourth-order valence-electron chi connectivity index (χ4n) is 0.807. The second kappa shape index (κ2) is 3.13. The van der Waals surface area contributed by atoms with Crippen LogP contribution < -0.4 is 0 Å². The summed E-state index contributed by atoms with van der Waals surface area (Å²) in [5, 5.41) is 8.52. The zero-order valence-electron chi connectivity index (χ0n) is 6.44. The highest BCUT2D eigenvalue weighted by Crippen LogP contribution is 2.05. The molecule has 12 heavy (non-hydrogen) atoms. The third-order valence-electron chi connectivity index (χ3n) is 1.50. The van der Waals surface area contributed by atoms with Gasteiger partial charge in [0.1, 0.15) is 5.69 Å². The van der Waals surface area contributed by atoms with Gasteiger partial charge in [0.15, 0.2) is 6.29 Å². The molecule has 1 rings (SSSR count). The van der Waals surface area contributed by atoms with E-state index in [1.54, 1.807) is 6.92 Å². The number of aromatic nitrogens is 1. The molecule has 0 aliphatic heterocycles. The third-order valence-corrected chi connectivity index (χ3v) is 1.50. The van der Waals surface area contributed by atoms with E-state index >= 15 is 0 Å². The first-order valence-electron chi connectivity index (χ1n) is 3.30. The van der Waals surface area contributed by atoms with E-state index in [4.69, 9.17) is 5.11 Å². The first-order valence-corrected chi connectivity index (χ1v) is 3.30. The standard InChI is InChI=1S/C8H7NO3/c1-5-2-7(8(11)12)9-3-6(5)4-10/h2-4H,1H3,(H,11,12). The Balaban J connectivity index is 3.18. The summed E-state index contributed by atoms with van der Waals surface area (Å²) >= 11 is 0. The van der Waals surface area contributed by atoms with Crippen LogP contribution in [0, 0.1) is 6.92 Å². The zero-order valence-corrected chi connectivity index (χ0v) is 6.44. The van der Waals surface area contributed by atoms with Gasteiger partial charge in [-0.1, -0.05) is 0 Å². The first kappa shape index (κ1) is 8.39. The van der Waals surface area contributed by atoms with Crippen LogP contribution >= 0.6 is 0 Å². The van der Waals surface area contributed by atoms with Crippen LogP contribution in [0.2, 0.25) is 0 Å². The smallest absolute Gasteiger partial charge is 0.354 e. The second-order valence-electron chi connectivity index (χ2n) is 2.35. The molecule has 0 amide bonds. The molecule has 0 saturated carbocycles. The van der Waals surface area contributed by atoms with Crippen LogP contribution in [0.4, 0.5) is 0 Å². The number of hydrogen-bond donors (Lipinski definition) is 1. The summed E-state index contributed by atoms with van der Waals surface area (Å²) in [6.45, 7) is 1.66. The van der Waals surface area contributed by atoms with E-state index in [-0.39, 0.29) is 5.69 Å². The molecule has 0 radical (unpaired) electrons. The van der Waals surface area contributed by atoms with Crippen LogP contribution in [0.25, 0.3) is 0 Å². The van der Waals surface area contributed by atoms with Crippen molar-refractivity contribution in [2.75, 3.05) is 0 Å². The van der Waals surface area contributed by atoms with Gasteiger partial charge >= 0.3 is 5.97 Å². The summed E-state index contributed by atoms with van der Waals surface area (Å²) in [6, 6.07) is 1.37. The molecule has 4 heteroatoms. The van der Waals surface area contributed by atoms with Crippen molar-refractivity contribution in [3.63, 3.8) is 0 Å². The predicted octanol–water partition coefficient (Wildman–Crippen LogP) is 0.901. The van der Waals surface area contributed by atoms with Crippen LogP contribution in [0.1, 0.15) is 26.4 Å². The lowest BCUT2D eigenvalue weighted by atomic mass is 10.1. The summed E-state index contributed by atoms with van der Waals surface area (Å²) < 4.78 is 0. The van der Waals surface area contributed by atoms with Crippen molar-refractivity contribution in [2.45, 2.75) is 6.92 Å². The van der Waals surface area contributed by atoms with Gasteiger partial charge in [-0.05, 0) is 18.6 Å². The van der Waals surface area contributed by atoms with Crippen LogP contribution in [0.3, 0.4) is 0 Å². The summed E-state index contributed by atoms with van der Waals surface area (Å²) in [4.78, 5) is 24.3. The van der Waals surface area contributed by atoms with Crippen molar-refractivity contribution < 1.29 is 14.7 Å². The fraction of sp³-hybridized carbons (Fsp3) is 0.125. The Kier molecular flexibility index (Phi) is 2.19. The van der Waals surface area contributed by atoms with Crippen molar-refractivity contribution in [3.8, 4) is 0 Å². The van der Waals surface area contributed by atoms with E-state index in [0.29, 0.717) is 17.4 Å². The number of aryl methyl sites for hydroxylation is 1. The minimum absolute atomic E-state index is 0.0434. The molecule has 0 unspecified atom stereocenters. The number of aldehydes is 1. The Morgan fingerprint density at radius 1 is 1.67 bits per heavy atom. The molecule has 0 fully saturated rings. The lowest BCUT2D eigenvalue weighted by molar-refractivity contribution is 0.0690. The van der Waals surface area contributed by atoms with E-state index in [2.05, 4.69) is 4.98 Å².